The molecule has 0 bridgehead atoms. The van der Waals surface area contributed by atoms with Gasteiger partial charge in [-0.2, -0.15) is 0 Å². The minimum absolute atomic E-state index is 0.222. The minimum Gasteiger partial charge on any atom is -0.478 e. The molecule has 1 rings (SSSR count). The Morgan fingerprint density at radius 1 is 1.62 bits per heavy atom. The van der Waals surface area contributed by atoms with Crippen molar-refractivity contribution in [2.75, 3.05) is 11.9 Å². The Bertz CT molecular complexity index is 412. The number of carboxylic acid groups (broad SMARTS) is 1. The predicted octanol–water partition coefficient (Wildman–Crippen LogP) is 3.03. The van der Waals surface area contributed by atoms with E-state index in [1.165, 1.54) is 19.1 Å². The molecule has 0 saturated heterocycles. The third-order valence-corrected chi connectivity index (χ3v) is 2.65. The first-order valence-corrected chi connectivity index (χ1v) is 5.39. The van der Waals surface area contributed by atoms with Gasteiger partial charge in [0.2, 0.25) is 0 Å². The van der Waals surface area contributed by atoms with Gasteiger partial charge in [-0.15, -0.1) is 0 Å². The lowest BCUT2D eigenvalue weighted by atomic mass is 10.2. The van der Waals surface area contributed by atoms with Crippen molar-refractivity contribution >= 4 is 27.6 Å². The Kier molecular flexibility index (Phi) is 4.49. The van der Waals surface area contributed by atoms with Crippen LogP contribution in [0.25, 0.3) is 0 Å². The van der Waals surface area contributed by atoms with Gasteiger partial charge in [-0.25, -0.2) is 9.18 Å². The molecule has 2 N–H and O–H groups in total. The predicted molar refractivity (Wildman–Crippen MR) is 64.0 cm³/mol. The molecule has 0 aliphatic heterocycles. The van der Waals surface area contributed by atoms with Gasteiger partial charge in [0.05, 0.1) is 5.69 Å². The van der Waals surface area contributed by atoms with Gasteiger partial charge in [-0.05, 0) is 35.0 Å². The third kappa shape index (κ3) is 3.34. The second-order valence-electron chi connectivity index (χ2n) is 3.17. The van der Waals surface area contributed by atoms with E-state index in [4.69, 9.17) is 5.11 Å². The molecule has 0 fully saturated rings. The maximum Gasteiger partial charge on any atom is 0.331 e. The van der Waals surface area contributed by atoms with Crippen molar-refractivity contribution in [1.82, 2.24) is 0 Å². The lowest BCUT2D eigenvalue weighted by molar-refractivity contribution is -0.132. The number of aliphatic carboxylic acids is 1. The van der Waals surface area contributed by atoms with Gasteiger partial charge in [-0.1, -0.05) is 12.1 Å². The number of nitrogens with one attached hydrogen (secondary N) is 1. The molecule has 1 aromatic carbocycles. The van der Waals surface area contributed by atoms with Crippen LogP contribution in [0.5, 0.6) is 0 Å². The topological polar surface area (TPSA) is 49.3 Å². The van der Waals surface area contributed by atoms with Crippen molar-refractivity contribution in [2.45, 2.75) is 6.92 Å². The van der Waals surface area contributed by atoms with E-state index in [9.17, 15) is 9.18 Å². The van der Waals surface area contributed by atoms with Gasteiger partial charge in [0.15, 0.2) is 0 Å². The molecule has 0 unspecified atom stereocenters. The fourth-order valence-corrected chi connectivity index (χ4v) is 1.54. The van der Waals surface area contributed by atoms with Crippen molar-refractivity contribution in [3.63, 3.8) is 0 Å². The van der Waals surface area contributed by atoms with Crippen LogP contribution in [0.1, 0.15) is 6.92 Å². The quantitative estimate of drug-likeness (QED) is 0.837. The zero-order valence-electron chi connectivity index (χ0n) is 8.63. The molecule has 0 radical (unpaired) electrons. The first-order valence-electron chi connectivity index (χ1n) is 4.60. The summed E-state index contributed by atoms with van der Waals surface area (Å²) in [7, 11) is 0. The van der Waals surface area contributed by atoms with E-state index in [0.29, 0.717) is 10.2 Å². The molecule has 0 spiro atoms. The second-order valence-corrected chi connectivity index (χ2v) is 4.02. The van der Waals surface area contributed by atoms with Crippen LogP contribution in [0.15, 0.2) is 34.3 Å². The number of hydrogen-bond donors (Lipinski definition) is 2. The number of rotatable bonds is 4. The Morgan fingerprint density at radius 2 is 2.31 bits per heavy atom. The van der Waals surface area contributed by atoms with Crippen LogP contribution in [-0.4, -0.2) is 17.6 Å². The van der Waals surface area contributed by atoms with Crippen molar-refractivity contribution in [2.24, 2.45) is 0 Å². The van der Waals surface area contributed by atoms with Crippen LogP contribution in [-0.2, 0) is 4.79 Å². The number of para-hydroxylation sites is 1. The van der Waals surface area contributed by atoms with Crippen molar-refractivity contribution in [3.8, 4) is 0 Å². The average Bonchev–Trinajstić information content (AvgIpc) is 2.22. The number of hydrogen-bond acceptors (Lipinski definition) is 2. The summed E-state index contributed by atoms with van der Waals surface area (Å²) in [4.78, 5) is 10.5. The molecular formula is C11H11BrFNO2. The van der Waals surface area contributed by atoms with Gasteiger partial charge >= 0.3 is 5.97 Å². The first-order chi connectivity index (χ1) is 7.52. The van der Waals surface area contributed by atoms with Gasteiger partial charge in [0.1, 0.15) is 5.82 Å². The molecule has 0 aliphatic carbocycles. The first kappa shape index (κ1) is 12.7. The Morgan fingerprint density at radius 3 is 2.88 bits per heavy atom. The highest BCUT2D eigenvalue weighted by molar-refractivity contribution is 9.10. The zero-order chi connectivity index (χ0) is 12.1. The van der Waals surface area contributed by atoms with Gasteiger partial charge in [0, 0.05) is 16.6 Å². The normalized spacial score (nSPS) is 11.3. The van der Waals surface area contributed by atoms with Crippen molar-refractivity contribution < 1.29 is 14.3 Å². The smallest absolute Gasteiger partial charge is 0.331 e. The van der Waals surface area contributed by atoms with Crippen LogP contribution < -0.4 is 5.32 Å². The Labute approximate surface area is 101 Å². The molecule has 0 amide bonds. The number of benzene rings is 1. The van der Waals surface area contributed by atoms with Crippen LogP contribution >= 0.6 is 15.9 Å². The lowest BCUT2D eigenvalue weighted by Gasteiger charge is -2.07. The van der Waals surface area contributed by atoms with E-state index in [-0.39, 0.29) is 17.9 Å². The standard InChI is InChI=1S/C11H11BrFNO2/c1-7(11(15)16)5-6-14-10-8(12)3-2-4-9(10)13/h2-5,14H,6H2,1H3,(H,15,16)/b7-5-. The lowest BCUT2D eigenvalue weighted by Crippen LogP contribution is -2.04. The highest BCUT2D eigenvalue weighted by Crippen LogP contribution is 2.24. The molecular weight excluding hydrogens is 277 g/mol. The molecule has 0 saturated carbocycles. The Balaban J connectivity index is 2.69. The van der Waals surface area contributed by atoms with E-state index in [0.717, 1.165) is 0 Å². The van der Waals surface area contributed by atoms with Crippen LogP contribution in [0, 0.1) is 5.82 Å². The summed E-state index contributed by atoms with van der Waals surface area (Å²) in [6, 6.07) is 4.63. The molecule has 0 heterocycles. The highest BCUT2D eigenvalue weighted by atomic mass is 79.9. The van der Waals surface area contributed by atoms with E-state index in [1.807, 2.05) is 0 Å². The largest absolute Gasteiger partial charge is 0.478 e. The zero-order valence-corrected chi connectivity index (χ0v) is 10.2. The summed E-state index contributed by atoms with van der Waals surface area (Å²) in [5, 5.41) is 11.4. The average molecular weight is 288 g/mol. The summed E-state index contributed by atoms with van der Waals surface area (Å²) < 4.78 is 13.9. The molecule has 3 nitrogen and oxygen atoms in total. The molecule has 0 atom stereocenters. The number of halogens is 2. The third-order valence-electron chi connectivity index (χ3n) is 1.99. The summed E-state index contributed by atoms with van der Waals surface area (Å²) in [5.74, 6) is -1.36. The number of carboxylic acids is 1. The van der Waals surface area contributed by atoms with E-state index in [1.54, 1.807) is 12.1 Å². The fraction of sp³-hybridized carbons (Fsp3) is 0.182. The van der Waals surface area contributed by atoms with Crippen LogP contribution in [0.3, 0.4) is 0 Å². The van der Waals surface area contributed by atoms with Crippen LogP contribution in [0.2, 0.25) is 0 Å². The maximum absolute atomic E-state index is 13.3. The van der Waals surface area contributed by atoms with E-state index < -0.39 is 5.97 Å². The monoisotopic (exact) mass is 287 g/mol. The molecule has 0 aliphatic rings. The summed E-state index contributed by atoms with van der Waals surface area (Å²) >= 11 is 3.20. The highest BCUT2D eigenvalue weighted by Gasteiger charge is 2.05. The van der Waals surface area contributed by atoms with Crippen molar-refractivity contribution in [1.29, 1.82) is 0 Å². The number of anilines is 1. The van der Waals surface area contributed by atoms with Crippen molar-refractivity contribution in [3.05, 3.63) is 40.1 Å². The fourth-order valence-electron chi connectivity index (χ4n) is 1.06. The van der Waals surface area contributed by atoms with Gasteiger partial charge < -0.3 is 10.4 Å². The van der Waals surface area contributed by atoms with Gasteiger partial charge in [0.25, 0.3) is 0 Å². The van der Waals surface area contributed by atoms with E-state index >= 15 is 0 Å². The number of carbonyl (C=O) groups is 1. The summed E-state index contributed by atoms with van der Waals surface area (Å²) in [6.07, 6.45) is 1.49. The van der Waals surface area contributed by atoms with Crippen LogP contribution in [0.4, 0.5) is 10.1 Å². The molecule has 5 heteroatoms. The SMILES string of the molecule is C/C(=C/CNc1c(F)cccc1Br)C(=O)O. The minimum atomic E-state index is -0.977. The molecule has 16 heavy (non-hydrogen) atoms. The molecule has 0 aromatic heterocycles. The summed E-state index contributed by atoms with van der Waals surface area (Å²) in [6.45, 7) is 1.75. The van der Waals surface area contributed by atoms with E-state index in [2.05, 4.69) is 21.2 Å². The Hall–Kier alpha value is -1.36. The van der Waals surface area contributed by atoms with Gasteiger partial charge in [-0.3, -0.25) is 0 Å². The maximum atomic E-state index is 13.3. The molecule has 1 aromatic rings. The summed E-state index contributed by atoms with van der Waals surface area (Å²) in [5.41, 5.74) is 0.553. The molecule has 86 valence electrons. The second kappa shape index (κ2) is 5.65.